The van der Waals surface area contributed by atoms with E-state index in [0.717, 1.165) is 88.7 Å². The lowest BCUT2D eigenvalue weighted by molar-refractivity contribution is 0.620. The molecule has 5 nitrogen and oxygen atoms in total. The second kappa shape index (κ2) is 11.2. The fourth-order valence-electron chi connectivity index (χ4n) is 7.61. The van der Waals surface area contributed by atoms with Crippen LogP contribution in [0.5, 0.6) is 0 Å². The minimum atomic E-state index is 0.575. The number of fused-ring (bicyclic) bond motifs is 8. The third-order valence-corrected chi connectivity index (χ3v) is 10.1. The smallest absolute Gasteiger partial charge is 0.228 e. The average molecular weight is 669 g/mol. The predicted octanol–water partition coefficient (Wildman–Crippen LogP) is 13.6. The largest absolute Gasteiger partial charge is 0.456 e. The van der Waals surface area contributed by atoms with Crippen molar-refractivity contribution in [2.24, 2.45) is 0 Å². The van der Waals surface area contributed by atoms with E-state index in [1.807, 2.05) is 54.6 Å². The number of benzene rings is 8. The molecule has 0 radical (unpaired) electrons. The summed E-state index contributed by atoms with van der Waals surface area (Å²) in [4.78, 5) is 7.10. The lowest BCUT2D eigenvalue weighted by Crippen LogP contribution is -2.10. The molecule has 0 bridgehead atoms. The number of aromatic nitrogens is 1. The van der Waals surface area contributed by atoms with Gasteiger partial charge in [0.25, 0.3) is 0 Å². The lowest BCUT2D eigenvalue weighted by atomic mass is 10.0. The van der Waals surface area contributed by atoms with E-state index in [9.17, 15) is 0 Å². The van der Waals surface area contributed by atoms with Crippen molar-refractivity contribution in [3.63, 3.8) is 0 Å². The minimum Gasteiger partial charge on any atom is -0.456 e. The van der Waals surface area contributed by atoms with Crippen molar-refractivity contribution in [2.45, 2.75) is 0 Å². The molecule has 0 atom stereocenters. The van der Waals surface area contributed by atoms with Crippen molar-refractivity contribution < 1.29 is 13.3 Å². The van der Waals surface area contributed by atoms with Crippen LogP contribution in [0.25, 0.3) is 88.3 Å². The molecule has 11 rings (SSSR count). The van der Waals surface area contributed by atoms with Gasteiger partial charge in [-0.15, -0.1) is 0 Å². The molecule has 0 aliphatic heterocycles. The van der Waals surface area contributed by atoms with E-state index in [4.69, 9.17) is 18.2 Å². The number of hydrogen-bond acceptors (Lipinski definition) is 5. The average Bonchev–Trinajstić information content (AvgIpc) is 3.91. The Morgan fingerprint density at radius 3 is 2.04 bits per heavy atom. The van der Waals surface area contributed by atoms with Gasteiger partial charge >= 0.3 is 0 Å². The van der Waals surface area contributed by atoms with Gasteiger partial charge < -0.3 is 18.2 Å². The number of para-hydroxylation sites is 3. The summed E-state index contributed by atoms with van der Waals surface area (Å²) in [6.07, 6.45) is 0. The predicted molar refractivity (Wildman–Crippen MR) is 212 cm³/mol. The van der Waals surface area contributed by atoms with Gasteiger partial charge in [0.1, 0.15) is 27.8 Å². The van der Waals surface area contributed by atoms with Crippen molar-refractivity contribution in [1.29, 1.82) is 0 Å². The van der Waals surface area contributed by atoms with Crippen LogP contribution in [0.1, 0.15) is 0 Å². The normalized spacial score (nSPS) is 11.8. The zero-order valence-corrected chi connectivity index (χ0v) is 27.8. The van der Waals surface area contributed by atoms with Crippen molar-refractivity contribution in [1.82, 2.24) is 4.98 Å². The third kappa shape index (κ3) is 4.53. The summed E-state index contributed by atoms with van der Waals surface area (Å²) in [5.74, 6) is 0.575. The van der Waals surface area contributed by atoms with Crippen LogP contribution in [0.2, 0.25) is 0 Å². The highest BCUT2D eigenvalue weighted by Gasteiger charge is 2.20. The maximum absolute atomic E-state index is 6.59. The number of anilines is 3. The number of hydrogen-bond donors (Lipinski definition) is 0. The number of rotatable bonds is 5. The molecule has 0 aliphatic rings. The molecule has 0 saturated heterocycles. The molecule has 0 unspecified atom stereocenters. The molecule has 0 amide bonds. The van der Waals surface area contributed by atoms with E-state index in [0.29, 0.717) is 5.89 Å². The van der Waals surface area contributed by atoms with Crippen molar-refractivity contribution in [2.75, 3.05) is 4.90 Å². The number of furan rings is 2. The number of nitrogens with zero attached hydrogens (tertiary/aromatic N) is 2. The Labute approximate surface area is 297 Å². The Bertz CT molecular complexity index is 3130. The van der Waals surface area contributed by atoms with Crippen molar-refractivity contribution in [3.05, 3.63) is 170 Å². The second-order valence-electron chi connectivity index (χ2n) is 13.2. The highest BCUT2D eigenvalue weighted by Crippen LogP contribution is 2.43. The summed E-state index contributed by atoms with van der Waals surface area (Å²) in [5.41, 5.74) is 11.1. The monoisotopic (exact) mass is 668 g/mol. The van der Waals surface area contributed by atoms with E-state index in [2.05, 4.69) is 120 Å². The summed E-state index contributed by atoms with van der Waals surface area (Å²) in [5, 5.41) is 6.57. The summed E-state index contributed by atoms with van der Waals surface area (Å²) in [6, 6.07) is 58.8. The Hall–Kier alpha value is -7.11. The molecule has 0 fully saturated rings. The van der Waals surface area contributed by atoms with Crippen LogP contribution < -0.4 is 4.90 Å². The molecule has 5 heteroatoms. The molecular formula is C47H28N2O3. The Kier molecular flexibility index (Phi) is 6.18. The first-order valence-corrected chi connectivity index (χ1v) is 17.4. The van der Waals surface area contributed by atoms with Gasteiger partial charge in [0, 0.05) is 50.2 Å². The van der Waals surface area contributed by atoms with Gasteiger partial charge in [0.15, 0.2) is 5.58 Å². The maximum atomic E-state index is 6.59. The fraction of sp³-hybridized carbons (Fsp3) is 0. The Morgan fingerprint density at radius 2 is 1.10 bits per heavy atom. The molecule has 244 valence electrons. The zero-order chi connectivity index (χ0) is 34.2. The van der Waals surface area contributed by atoms with E-state index in [1.165, 1.54) is 10.8 Å². The summed E-state index contributed by atoms with van der Waals surface area (Å²) < 4.78 is 19.0. The molecular weight excluding hydrogens is 641 g/mol. The Morgan fingerprint density at radius 1 is 0.385 bits per heavy atom. The van der Waals surface area contributed by atoms with E-state index in [-0.39, 0.29) is 0 Å². The van der Waals surface area contributed by atoms with Gasteiger partial charge in [0.2, 0.25) is 5.89 Å². The van der Waals surface area contributed by atoms with E-state index >= 15 is 0 Å². The van der Waals surface area contributed by atoms with Crippen LogP contribution >= 0.6 is 0 Å². The SMILES string of the molecule is c1cc(-c2ccc3ccccc3c2)cc(N(c2ccc3c(c2)oc2cccc(-c4nc5ccccc5o4)c23)c2ccc3oc4ccccc4c3c2)c1. The van der Waals surface area contributed by atoms with Crippen LogP contribution in [0.4, 0.5) is 17.1 Å². The topological polar surface area (TPSA) is 55.6 Å². The van der Waals surface area contributed by atoms with Crippen LogP contribution in [-0.2, 0) is 0 Å². The molecule has 8 aromatic carbocycles. The van der Waals surface area contributed by atoms with Gasteiger partial charge in [-0.05, 0) is 101 Å². The first-order valence-electron chi connectivity index (χ1n) is 17.4. The molecule has 0 aliphatic carbocycles. The van der Waals surface area contributed by atoms with Crippen LogP contribution in [0.15, 0.2) is 183 Å². The van der Waals surface area contributed by atoms with Gasteiger partial charge in [-0.2, -0.15) is 0 Å². The van der Waals surface area contributed by atoms with Gasteiger partial charge in [-0.3, -0.25) is 0 Å². The molecule has 0 spiro atoms. The first kappa shape index (κ1) is 28.7. The molecule has 3 aromatic heterocycles. The highest BCUT2D eigenvalue weighted by molar-refractivity contribution is 6.13. The highest BCUT2D eigenvalue weighted by atomic mass is 16.4. The van der Waals surface area contributed by atoms with Crippen LogP contribution in [0, 0.1) is 0 Å². The van der Waals surface area contributed by atoms with Gasteiger partial charge in [-0.1, -0.05) is 84.9 Å². The molecule has 52 heavy (non-hydrogen) atoms. The van der Waals surface area contributed by atoms with Crippen molar-refractivity contribution >= 4 is 82.8 Å². The van der Waals surface area contributed by atoms with Crippen LogP contribution in [-0.4, -0.2) is 4.98 Å². The molecule has 0 N–H and O–H groups in total. The standard InChI is InChI=1S/C47H28N2O3/c1-2-10-30-25-32(20-19-29(30)9-1)31-11-7-12-33(26-31)49(34-22-24-42-39(27-34)36-13-3-5-16-41(36)50-42)35-21-23-37-45(28-35)51-44-18-8-14-38(46(37)44)47-48-40-15-4-6-17-43(40)52-47/h1-28H. The first-order chi connectivity index (χ1) is 25.7. The maximum Gasteiger partial charge on any atom is 0.228 e. The molecule has 11 aromatic rings. The Balaban J connectivity index is 1.10. The third-order valence-electron chi connectivity index (χ3n) is 10.1. The summed E-state index contributed by atoms with van der Waals surface area (Å²) in [6.45, 7) is 0. The van der Waals surface area contributed by atoms with Crippen molar-refractivity contribution in [3.8, 4) is 22.6 Å². The van der Waals surface area contributed by atoms with E-state index in [1.54, 1.807) is 0 Å². The van der Waals surface area contributed by atoms with E-state index < -0.39 is 0 Å². The molecule has 0 saturated carbocycles. The van der Waals surface area contributed by atoms with Gasteiger partial charge in [-0.25, -0.2) is 4.98 Å². The quantitative estimate of drug-likeness (QED) is 0.183. The zero-order valence-electron chi connectivity index (χ0n) is 27.8. The summed E-state index contributed by atoms with van der Waals surface area (Å²) in [7, 11) is 0. The lowest BCUT2D eigenvalue weighted by Gasteiger charge is -2.26. The van der Waals surface area contributed by atoms with Crippen LogP contribution in [0.3, 0.4) is 0 Å². The second-order valence-corrected chi connectivity index (χ2v) is 13.2. The van der Waals surface area contributed by atoms with Gasteiger partial charge in [0.05, 0.1) is 0 Å². The molecule has 3 heterocycles. The fourth-order valence-corrected chi connectivity index (χ4v) is 7.61. The number of oxazole rings is 1. The summed E-state index contributed by atoms with van der Waals surface area (Å²) >= 11 is 0. The minimum absolute atomic E-state index is 0.575.